The van der Waals surface area contributed by atoms with Crippen LogP contribution in [0.15, 0.2) is 91.0 Å². The average Bonchev–Trinajstić information content (AvgIpc) is 2.99. The summed E-state index contributed by atoms with van der Waals surface area (Å²) in [6.07, 6.45) is 0.624. The van der Waals surface area contributed by atoms with Gasteiger partial charge in [-0.2, -0.15) is 0 Å². The van der Waals surface area contributed by atoms with Gasteiger partial charge in [0.2, 0.25) is 0 Å². The van der Waals surface area contributed by atoms with Gasteiger partial charge < -0.3 is 19.1 Å². The van der Waals surface area contributed by atoms with Crippen LogP contribution in [0, 0.1) is 5.82 Å². The molecule has 0 radical (unpaired) electrons. The Kier molecular flexibility index (Phi) is 7.59. The maximum absolute atomic E-state index is 13.8. The summed E-state index contributed by atoms with van der Waals surface area (Å²) in [6, 6.07) is 24.9. The third-order valence-electron chi connectivity index (χ3n) is 6.92. The summed E-state index contributed by atoms with van der Waals surface area (Å²) in [5.41, 5.74) is 3.50. The lowest BCUT2D eigenvalue weighted by atomic mass is 9.91. The van der Waals surface area contributed by atoms with Crippen molar-refractivity contribution in [3.63, 3.8) is 0 Å². The number of hydrogen-bond acceptors (Lipinski definition) is 5. The molecule has 0 N–H and O–H groups in total. The van der Waals surface area contributed by atoms with Gasteiger partial charge in [-0.3, -0.25) is 9.59 Å². The van der Waals surface area contributed by atoms with E-state index in [4.69, 9.17) is 14.2 Å². The van der Waals surface area contributed by atoms with E-state index in [1.165, 1.54) is 12.1 Å². The summed E-state index contributed by atoms with van der Waals surface area (Å²) >= 11 is 0. The topological polar surface area (TPSA) is 65.1 Å². The normalized spacial score (nSPS) is 14.3. The molecule has 39 heavy (non-hydrogen) atoms. The van der Waals surface area contributed by atoms with Crippen molar-refractivity contribution in [2.45, 2.75) is 12.5 Å². The molecule has 1 aliphatic heterocycles. The van der Waals surface area contributed by atoms with E-state index in [1.54, 1.807) is 67.7 Å². The van der Waals surface area contributed by atoms with Gasteiger partial charge in [0, 0.05) is 23.2 Å². The Balaban J connectivity index is 1.44. The van der Waals surface area contributed by atoms with Gasteiger partial charge in [0.25, 0.3) is 5.91 Å². The molecule has 0 aliphatic carbocycles. The molecule has 0 spiro atoms. The van der Waals surface area contributed by atoms with Crippen molar-refractivity contribution in [3.05, 3.63) is 125 Å². The number of rotatable bonds is 8. The summed E-state index contributed by atoms with van der Waals surface area (Å²) in [5, 5.41) is 0. The third-order valence-corrected chi connectivity index (χ3v) is 6.92. The summed E-state index contributed by atoms with van der Waals surface area (Å²) < 4.78 is 30.5. The highest BCUT2D eigenvalue weighted by Gasteiger charge is 2.33. The second kappa shape index (κ2) is 11.4. The molecule has 1 heterocycles. The maximum atomic E-state index is 13.8. The van der Waals surface area contributed by atoms with Crippen molar-refractivity contribution in [1.29, 1.82) is 0 Å². The van der Waals surface area contributed by atoms with Crippen molar-refractivity contribution in [2.75, 3.05) is 27.4 Å². The molecule has 1 unspecified atom stereocenters. The van der Waals surface area contributed by atoms with Crippen LogP contribution in [0.25, 0.3) is 0 Å². The predicted octanol–water partition coefficient (Wildman–Crippen LogP) is 5.89. The van der Waals surface area contributed by atoms with Crippen LogP contribution in [-0.2, 0) is 6.42 Å². The van der Waals surface area contributed by atoms with Crippen molar-refractivity contribution >= 4 is 11.7 Å². The number of amides is 1. The molecule has 0 saturated heterocycles. The quantitative estimate of drug-likeness (QED) is 0.268. The average molecular weight is 526 g/mol. The summed E-state index contributed by atoms with van der Waals surface area (Å²) in [6.45, 7) is 0.619. The van der Waals surface area contributed by atoms with Gasteiger partial charge >= 0.3 is 0 Å². The lowest BCUT2D eigenvalue weighted by molar-refractivity contribution is 0.0589. The molecule has 1 atom stereocenters. The number of methoxy groups -OCH3 is 2. The predicted molar refractivity (Wildman–Crippen MR) is 145 cm³/mol. The van der Waals surface area contributed by atoms with Crippen molar-refractivity contribution in [1.82, 2.24) is 4.90 Å². The fraction of sp³-hybridized carbons (Fsp3) is 0.188. The number of ether oxygens (including phenoxy) is 3. The Morgan fingerprint density at radius 1 is 0.821 bits per heavy atom. The lowest BCUT2D eigenvalue weighted by Gasteiger charge is -2.37. The molecule has 1 amide bonds. The van der Waals surface area contributed by atoms with Crippen LogP contribution in [-0.4, -0.2) is 44.0 Å². The molecular formula is C32H28FNO5. The van der Waals surface area contributed by atoms with E-state index in [0.29, 0.717) is 46.9 Å². The first-order valence-electron chi connectivity index (χ1n) is 12.6. The van der Waals surface area contributed by atoms with Gasteiger partial charge in [0.15, 0.2) is 17.3 Å². The number of carbonyl (C=O) groups excluding carboxylic acids is 2. The molecule has 0 aromatic heterocycles. The Hall–Kier alpha value is -4.65. The Morgan fingerprint density at radius 2 is 1.44 bits per heavy atom. The van der Waals surface area contributed by atoms with E-state index in [9.17, 15) is 14.0 Å². The highest BCUT2D eigenvalue weighted by atomic mass is 19.1. The van der Waals surface area contributed by atoms with Crippen LogP contribution >= 0.6 is 0 Å². The zero-order valence-corrected chi connectivity index (χ0v) is 21.7. The van der Waals surface area contributed by atoms with Crippen molar-refractivity contribution < 1.29 is 28.2 Å². The van der Waals surface area contributed by atoms with Gasteiger partial charge in [-0.1, -0.05) is 42.5 Å². The number of halogens is 1. The van der Waals surface area contributed by atoms with E-state index in [2.05, 4.69) is 0 Å². The number of hydrogen-bond donors (Lipinski definition) is 0. The first-order valence-corrected chi connectivity index (χ1v) is 12.6. The minimum absolute atomic E-state index is 0.104. The highest BCUT2D eigenvalue weighted by molar-refractivity contribution is 6.09. The van der Waals surface area contributed by atoms with Crippen LogP contribution in [0.4, 0.5) is 4.39 Å². The van der Waals surface area contributed by atoms with E-state index in [0.717, 1.165) is 11.1 Å². The highest BCUT2D eigenvalue weighted by Crippen LogP contribution is 2.39. The van der Waals surface area contributed by atoms with Crippen LogP contribution in [0.2, 0.25) is 0 Å². The fourth-order valence-electron chi connectivity index (χ4n) is 4.84. The Labute approximate surface area is 226 Å². The lowest BCUT2D eigenvalue weighted by Crippen LogP contribution is -2.42. The number of carbonyl (C=O) groups is 2. The van der Waals surface area contributed by atoms with Crippen molar-refractivity contribution in [3.8, 4) is 17.2 Å². The van der Waals surface area contributed by atoms with E-state index in [1.807, 2.05) is 30.3 Å². The second-order valence-corrected chi connectivity index (χ2v) is 9.21. The van der Waals surface area contributed by atoms with Crippen LogP contribution in [0.1, 0.15) is 43.4 Å². The summed E-state index contributed by atoms with van der Waals surface area (Å²) in [4.78, 5) is 28.4. The molecular weight excluding hydrogens is 497 g/mol. The van der Waals surface area contributed by atoms with E-state index >= 15 is 0 Å². The number of fused-ring (bicyclic) bond motifs is 1. The molecule has 4 aromatic carbocycles. The van der Waals surface area contributed by atoms with Crippen molar-refractivity contribution in [2.24, 2.45) is 0 Å². The smallest absolute Gasteiger partial charge is 0.254 e. The summed E-state index contributed by atoms with van der Waals surface area (Å²) in [5.74, 6) is 1.04. The molecule has 0 bridgehead atoms. The first kappa shape index (κ1) is 26.0. The zero-order valence-electron chi connectivity index (χ0n) is 21.7. The van der Waals surface area contributed by atoms with Gasteiger partial charge in [0.1, 0.15) is 18.2 Å². The number of nitrogens with zero attached hydrogens (tertiary/aromatic N) is 1. The molecule has 0 fully saturated rings. The monoisotopic (exact) mass is 525 g/mol. The molecule has 6 nitrogen and oxygen atoms in total. The van der Waals surface area contributed by atoms with Crippen LogP contribution in [0.3, 0.4) is 0 Å². The SMILES string of the molecule is COc1cc2c(cc1OC)C(COc1ccc(F)cc1)N(C(=O)c1ccc(C(=O)c3ccccc3)cc1)CC2. The van der Waals surface area contributed by atoms with Crippen LogP contribution in [0.5, 0.6) is 17.2 Å². The van der Waals surface area contributed by atoms with Gasteiger partial charge in [-0.25, -0.2) is 4.39 Å². The molecule has 198 valence electrons. The molecule has 0 saturated carbocycles. The van der Waals surface area contributed by atoms with Gasteiger partial charge in [0.05, 0.1) is 20.3 Å². The largest absolute Gasteiger partial charge is 0.493 e. The first-order chi connectivity index (χ1) is 19.0. The minimum atomic E-state index is -0.434. The third kappa shape index (κ3) is 5.48. The van der Waals surface area contributed by atoms with Gasteiger partial charge in [-0.05, 0) is 66.1 Å². The van der Waals surface area contributed by atoms with E-state index in [-0.39, 0.29) is 24.1 Å². The zero-order chi connectivity index (χ0) is 27.4. The van der Waals surface area contributed by atoms with E-state index < -0.39 is 6.04 Å². The molecule has 4 aromatic rings. The maximum Gasteiger partial charge on any atom is 0.254 e. The number of ketones is 1. The fourth-order valence-corrected chi connectivity index (χ4v) is 4.84. The molecule has 1 aliphatic rings. The Morgan fingerprint density at radius 3 is 2.10 bits per heavy atom. The molecule has 7 heteroatoms. The van der Waals surface area contributed by atoms with Crippen LogP contribution < -0.4 is 14.2 Å². The molecule has 5 rings (SSSR count). The van der Waals surface area contributed by atoms with Gasteiger partial charge in [-0.15, -0.1) is 0 Å². The minimum Gasteiger partial charge on any atom is -0.493 e. The standard InChI is InChI=1S/C32H28FNO5/c1-37-29-18-24-16-17-34(28(27(24)19-30(29)38-2)20-39-26-14-12-25(33)13-15-26)32(36)23-10-8-22(9-11-23)31(35)21-6-4-3-5-7-21/h3-15,18-19,28H,16-17,20H2,1-2H3. The second-order valence-electron chi connectivity index (χ2n) is 9.21. The summed E-state index contributed by atoms with van der Waals surface area (Å²) in [7, 11) is 3.16. The number of benzene rings is 4. The Bertz CT molecular complexity index is 1470.